The van der Waals surface area contributed by atoms with E-state index in [9.17, 15) is 4.79 Å². The van der Waals surface area contributed by atoms with E-state index in [0.717, 1.165) is 62.5 Å². The van der Waals surface area contributed by atoms with Gasteiger partial charge in [0.25, 0.3) is 0 Å². The fourth-order valence-corrected chi connectivity index (χ4v) is 4.26. The maximum Gasteiger partial charge on any atom is 0.222 e. The van der Waals surface area contributed by atoms with Gasteiger partial charge in [0, 0.05) is 38.0 Å². The topological polar surface area (TPSA) is 62.5 Å². The SMILES string of the molecule is Cc1cc(CN2CCC3(CCC(=O)N(Cc4cccnc4)C3)CC2)on1. The number of hydrogen-bond acceptors (Lipinski definition) is 5. The Bertz CT molecular complexity index is 750. The predicted molar refractivity (Wildman–Crippen MR) is 97.1 cm³/mol. The van der Waals surface area contributed by atoms with Gasteiger partial charge in [-0.25, -0.2) is 0 Å². The van der Waals surface area contributed by atoms with Crippen LogP contribution in [0.25, 0.3) is 0 Å². The normalized spacial score (nSPS) is 20.7. The highest BCUT2D eigenvalue weighted by Crippen LogP contribution is 2.40. The fourth-order valence-electron chi connectivity index (χ4n) is 4.26. The molecule has 0 aliphatic carbocycles. The van der Waals surface area contributed by atoms with Gasteiger partial charge in [-0.15, -0.1) is 0 Å². The van der Waals surface area contributed by atoms with Gasteiger partial charge < -0.3 is 9.42 Å². The van der Waals surface area contributed by atoms with Crippen LogP contribution in [-0.4, -0.2) is 45.5 Å². The molecule has 2 saturated heterocycles. The minimum Gasteiger partial charge on any atom is -0.360 e. The number of hydrogen-bond donors (Lipinski definition) is 0. The van der Waals surface area contributed by atoms with E-state index < -0.39 is 0 Å². The van der Waals surface area contributed by atoms with Gasteiger partial charge in [0.2, 0.25) is 5.91 Å². The Morgan fingerprint density at radius 2 is 2.08 bits per heavy atom. The second-order valence-corrected chi connectivity index (χ2v) is 7.82. The molecule has 2 fully saturated rings. The zero-order chi connectivity index (χ0) is 18.0. The van der Waals surface area contributed by atoms with E-state index in [1.54, 1.807) is 6.20 Å². The first kappa shape index (κ1) is 17.2. The zero-order valence-electron chi connectivity index (χ0n) is 15.4. The third-order valence-corrected chi connectivity index (χ3v) is 5.82. The maximum absolute atomic E-state index is 12.4. The number of nitrogens with zero attached hydrogens (tertiary/aromatic N) is 4. The van der Waals surface area contributed by atoms with Crippen LogP contribution in [0.4, 0.5) is 0 Å². The molecule has 2 aliphatic heterocycles. The number of likely N-dealkylation sites (tertiary alicyclic amines) is 2. The summed E-state index contributed by atoms with van der Waals surface area (Å²) < 4.78 is 5.35. The average Bonchev–Trinajstić information content (AvgIpc) is 3.06. The molecular formula is C20H26N4O2. The number of carbonyl (C=O) groups is 1. The van der Waals surface area contributed by atoms with Crippen molar-refractivity contribution in [2.45, 2.75) is 45.7 Å². The van der Waals surface area contributed by atoms with Crippen molar-refractivity contribution in [2.24, 2.45) is 5.41 Å². The molecule has 0 aromatic carbocycles. The summed E-state index contributed by atoms with van der Waals surface area (Å²) in [6, 6.07) is 5.99. The van der Waals surface area contributed by atoms with Gasteiger partial charge in [-0.1, -0.05) is 11.2 Å². The number of pyridine rings is 1. The van der Waals surface area contributed by atoms with Gasteiger partial charge >= 0.3 is 0 Å². The third kappa shape index (κ3) is 3.80. The second kappa shape index (κ2) is 7.19. The molecule has 26 heavy (non-hydrogen) atoms. The van der Waals surface area contributed by atoms with Crippen molar-refractivity contribution < 1.29 is 9.32 Å². The smallest absolute Gasteiger partial charge is 0.222 e. The van der Waals surface area contributed by atoms with Crippen molar-refractivity contribution in [3.63, 3.8) is 0 Å². The maximum atomic E-state index is 12.4. The number of rotatable bonds is 4. The minimum absolute atomic E-state index is 0.268. The molecule has 0 atom stereocenters. The zero-order valence-corrected chi connectivity index (χ0v) is 15.4. The Labute approximate surface area is 154 Å². The molecule has 4 rings (SSSR count). The molecule has 2 aliphatic rings. The lowest BCUT2D eigenvalue weighted by molar-refractivity contribution is -0.140. The molecule has 0 radical (unpaired) electrons. The van der Waals surface area contributed by atoms with Crippen LogP contribution >= 0.6 is 0 Å². The van der Waals surface area contributed by atoms with Crippen molar-refractivity contribution in [3.8, 4) is 0 Å². The van der Waals surface area contributed by atoms with Gasteiger partial charge in [0.05, 0.1) is 12.2 Å². The molecule has 0 unspecified atom stereocenters. The summed E-state index contributed by atoms with van der Waals surface area (Å²) in [5.74, 6) is 1.22. The standard InChI is InChI=1S/C20H26N4O2/c1-16-11-18(26-22-16)14-23-9-6-20(7-10-23)5-4-19(25)24(15-20)13-17-3-2-8-21-12-17/h2-3,8,11-12H,4-7,9-10,13-15H2,1H3. The van der Waals surface area contributed by atoms with Crippen molar-refractivity contribution >= 4 is 5.91 Å². The van der Waals surface area contributed by atoms with Crippen molar-refractivity contribution in [3.05, 3.63) is 47.6 Å². The molecular weight excluding hydrogens is 328 g/mol. The number of aryl methyl sites for hydroxylation is 1. The number of aromatic nitrogens is 2. The Hall–Kier alpha value is -2.21. The van der Waals surface area contributed by atoms with Crippen molar-refractivity contribution in [1.29, 1.82) is 0 Å². The lowest BCUT2D eigenvalue weighted by Gasteiger charge is -2.47. The first-order chi connectivity index (χ1) is 12.6. The summed E-state index contributed by atoms with van der Waals surface area (Å²) in [7, 11) is 0. The number of piperidine rings is 2. The highest BCUT2D eigenvalue weighted by molar-refractivity contribution is 5.77. The molecule has 6 heteroatoms. The largest absolute Gasteiger partial charge is 0.360 e. The average molecular weight is 354 g/mol. The molecule has 4 heterocycles. The number of carbonyl (C=O) groups excluding carboxylic acids is 1. The summed E-state index contributed by atoms with van der Waals surface area (Å²) in [5, 5.41) is 3.97. The Morgan fingerprint density at radius 1 is 1.23 bits per heavy atom. The first-order valence-electron chi connectivity index (χ1n) is 9.43. The summed E-state index contributed by atoms with van der Waals surface area (Å²) in [6.07, 6.45) is 7.59. The van der Waals surface area contributed by atoms with Gasteiger partial charge in [-0.2, -0.15) is 0 Å². The molecule has 138 valence electrons. The lowest BCUT2D eigenvalue weighted by atomic mass is 9.72. The van der Waals surface area contributed by atoms with Crippen molar-refractivity contribution in [2.75, 3.05) is 19.6 Å². The Balaban J connectivity index is 1.36. The molecule has 2 aromatic heterocycles. The lowest BCUT2D eigenvalue weighted by Crippen LogP contribution is -2.51. The molecule has 0 saturated carbocycles. The van der Waals surface area contributed by atoms with Gasteiger partial charge in [0.15, 0.2) is 5.76 Å². The molecule has 0 N–H and O–H groups in total. The van der Waals surface area contributed by atoms with E-state index in [1.165, 1.54) is 0 Å². The van der Waals surface area contributed by atoms with E-state index in [0.29, 0.717) is 13.0 Å². The summed E-state index contributed by atoms with van der Waals surface area (Å²) >= 11 is 0. The van der Waals surface area contributed by atoms with Crippen molar-refractivity contribution in [1.82, 2.24) is 19.9 Å². The highest BCUT2D eigenvalue weighted by atomic mass is 16.5. The quantitative estimate of drug-likeness (QED) is 0.845. The molecule has 6 nitrogen and oxygen atoms in total. The monoisotopic (exact) mass is 354 g/mol. The van der Waals surface area contributed by atoms with Crippen LogP contribution in [0.15, 0.2) is 35.1 Å². The summed E-state index contributed by atoms with van der Waals surface area (Å²) in [6.45, 7) is 6.43. The Kier molecular flexibility index (Phi) is 4.76. The van der Waals surface area contributed by atoms with Gasteiger partial charge in [-0.05, 0) is 56.3 Å². The highest BCUT2D eigenvalue weighted by Gasteiger charge is 2.40. The van der Waals surface area contributed by atoms with E-state index in [4.69, 9.17) is 4.52 Å². The minimum atomic E-state index is 0.268. The third-order valence-electron chi connectivity index (χ3n) is 5.82. The molecule has 2 aromatic rings. The summed E-state index contributed by atoms with van der Waals surface area (Å²) in [5.41, 5.74) is 2.31. The molecule has 1 amide bonds. The van der Waals surface area contributed by atoms with Gasteiger partial charge in [-0.3, -0.25) is 14.7 Å². The number of amides is 1. The van der Waals surface area contributed by atoms with Gasteiger partial charge in [0.1, 0.15) is 0 Å². The van der Waals surface area contributed by atoms with Crippen LogP contribution in [-0.2, 0) is 17.9 Å². The van der Waals surface area contributed by atoms with Crippen LogP contribution in [0.2, 0.25) is 0 Å². The second-order valence-electron chi connectivity index (χ2n) is 7.82. The van der Waals surface area contributed by atoms with Crippen LogP contribution in [0.1, 0.15) is 42.7 Å². The fraction of sp³-hybridized carbons (Fsp3) is 0.550. The van der Waals surface area contributed by atoms with E-state index in [1.807, 2.05) is 36.2 Å². The molecule has 0 bridgehead atoms. The van der Waals surface area contributed by atoms with E-state index in [-0.39, 0.29) is 11.3 Å². The van der Waals surface area contributed by atoms with Crippen LogP contribution in [0.3, 0.4) is 0 Å². The van der Waals surface area contributed by atoms with E-state index in [2.05, 4.69) is 15.0 Å². The van der Waals surface area contributed by atoms with E-state index >= 15 is 0 Å². The molecule has 1 spiro atoms. The van der Waals surface area contributed by atoms with Crippen LogP contribution in [0.5, 0.6) is 0 Å². The van der Waals surface area contributed by atoms with Crippen LogP contribution < -0.4 is 0 Å². The van der Waals surface area contributed by atoms with Crippen LogP contribution in [0, 0.1) is 12.3 Å². The Morgan fingerprint density at radius 3 is 2.77 bits per heavy atom. The summed E-state index contributed by atoms with van der Waals surface area (Å²) in [4.78, 5) is 21.1. The first-order valence-corrected chi connectivity index (χ1v) is 9.43. The predicted octanol–water partition coefficient (Wildman–Crippen LogP) is 2.78.